The second-order valence-corrected chi connectivity index (χ2v) is 6.13. The molecule has 1 aliphatic heterocycles. The SMILES string of the molecule is CN(CC1Cc2ccccc21)CC1(O)CCOCC1. The van der Waals surface area contributed by atoms with E-state index < -0.39 is 5.60 Å². The third-order valence-electron chi connectivity index (χ3n) is 4.48. The Morgan fingerprint density at radius 3 is 2.79 bits per heavy atom. The van der Waals surface area contributed by atoms with E-state index in [1.54, 1.807) is 0 Å². The number of fused-ring (bicyclic) bond motifs is 1. The van der Waals surface area contributed by atoms with Gasteiger partial charge in [0.1, 0.15) is 0 Å². The molecule has 1 N–H and O–H groups in total. The van der Waals surface area contributed by atoms with E-state index in [0.717, 1.165) is 25.9 Å². The number of hydrogen-bond donors (Lipinski definition) is 1. The van der Waals surface area contributed by atoms with Crippen molar-refractivity contribution >= 4 is 0 Å². The predicted octanol–water partition coefficient (Wildman–Crippen LogP) is 1.80. The molecule has 3 nitrogen and oxygen atoms in total. The first-order valence-corrected chi connectivity index (χ1v) is 7.23. The molecule has 0 radical (unpaired) electrons. The molecule has 1 heterocycles. The van der Waals surface area contributed by atoms with Crippen molar-refractivity contribution in [1.29, 1.82) is 0 Å². The maximum atomic E-state index is 10.5. The van der Waals surface area contributed by atoms with Crippen LogP contribution in [-0.2, 0) is 11.2 Å². The maximum absolute atomic E-state index is 10.5. The van der Waals surface area contributed by atoms with E-state index in [2.05, 4.69) is 36.2 Å². The van der Waals surface area contributed by atoms with Crippen molar-refractivity contribution in [2.24, 2.45) is 0 Å². The standard InChI is InChI=1S/C16H23NO2/c1-17(12-16(18)6-8-19-9-7-16)11-14-10-13-4-2-3-5-15(13)14/h2-5,14,18H,6-12H2,1H3. The molecule has 0 amide bonds. The van der Waals surface area contributed by atoms with Gasteiger partial charge in [-0.05, 0) is 24.6 Å². The van der Waals surface area contributed by atoms with Crippen LogP contribution in [0.15, 0.2) is 24.3 Å². The molecular formula is C16H23NO2. The highest BCUT2D eigenvalue weighted by Gasteiger charge is 2.33. The smallest absolute Gasteiger partial charge is 0.0817 e. The van der Waals surface area contributed by atoms with Gasteiger partial charge in [0.05, 0.1) is 5.60 Å². The van der Waals surface area contributed by atoms with Crippen LogP contribution in [0, 0.1) is 0 Å². The molecule has 19 heavy (non-hydrogen) atoms. The lowest BCUT2D eigenvalue weighted by Crippen LogP contribution is -2.47. The number of hydrogen-bond acceptors (Lipinski definition) is 3. The monoisotopic (exact) mass is 261 g/mol. The molecule has 2 aliphatic rings. The number of nitrogens with zero attached hydrogens (tertiary/aromatic N) is 1. The van der Waals surface area contributed by atoms with Crippen molar-refractivity contribution in [3.05, 3.63) is 35.4 Å². The van der Waals surface area contributed by atoms with Crippen molar-refractivity contribution in [3.63, 3.8) is 0 Å². The van der Waals surface area contributed by atoms with Crippen LogP contribution in [-0.4, -0.2) is 49.0 Å². The third kappa shape index (κ3) is 2.83. The van der Waals surface area contributed by atoms with Crippen LogP contribution in [0.3, 0.4) is 0 Å². The van der Waals surface area contributed by atoms with Gasteiger partial charge in [-0.2, -0.15) is 0 Å². The van der Waals surface area contributed by atoms with E-state index in [1.807, 2.05) is 0 Å². The minimum absolute atomic E-state index is 0.545. The Morgan fingerprint density at radius 1 is 1.32 bits per heavy atom. The molecule has 104 valence electrons. The second kappa shape index (κ2) is 5.23. The fourth-order valence-electron chi connectivity index (χ4n) is 3.38. The lowest BCUT2D eigenvalue weighted by molar-refractivity contribution is -0.0774. The van der Waals surface area contributed by atoms with Crippen molar-refractivity contribution in [2.45, 2.75) is 30.8 Å². The quantitative estimate of drug-likeness (QED) is 0.897. The molecule has 0 bridgehead atoms. The summed E-state index contributed by atoms with van der Waals surface area (Å²) in [5, 5.41) is 10.5. The summed E-state index contributed by atoms with van der Waals surface area (Å²) in [6.07, 6.45) is 2.71. The fraction of sp³-hybridized carbons (Fsp3) is 0.625. The Hall–Kier alpha value is -0.900. The average molecular weight is 261 g/mol. The van der Waals surface area contributed by atoms with Gasteiger partial charge in [-0.1, -0.05) is 24.3 Å². The van der Waals surface area contributed by atoms with Crippen LogP contribution in [0.25, 0.3) is 0 Å². The highest BCUT2D eigenvalue weighted by atomic mass is 16.5. The van der Waals surface area contributed by atoms with Gasteiger partial charge in [0.25, 0.3) is 0 Å². The topological polar surface area (TPSA) is 32.7 Å². The fourth-order valence-corrected chi connectivity index (χ4v) is 3.38. The Morgan fingerprint density at radius 2 is 2.05 bits per heavy atom. The van der Waals surface area contributed by atoms with E-state index in [0.29, 0.717) is 19.1 Å². The second-order valence-electron chi connectivity index (χ2n) is 6.13. The molecule has 1 saturated heterocycles. The first kappa shape index (κ1) is 13.1. The van der Waals surface area contributed by atoms with Crippen LogP contribution in [0.4, 0.5) is 0 Å². The Labute approximate surface area is 115 Å². The van der Waals surface area contributed by atoms with Gasteiger partial charge < -0.3 is 14.7 Å². The van der Waals surface area contributed by atoms with Gasteiger partial charge in [0.2, 0.25) is 0 Å². The van der Waals surface area contributed by atoms with Gasteiger partial charge in [-0.3, -0.25) is 0 Å². The largest absolute Gasteiger partial charge is 0.388 e. The molecule has 1 fully saturated rings. The molecule has 0 spiro atoms. The Balaban J connectivity index is 1.54. The van der Waals surface area contributed by atoms with E-state index in [4.69, 9.17) is 4.74 Å². The Bertz CT molecular complexity index is 440. The summed E-state index contributed by atoms with van der Waals surface area (Å²) in [7, 11) is 2.12. The molecule has 1 atom stereocenters. The highest BCUT2D eigenvalue weighted by molar-refractivity contribution is 5.40. The van der Waals surface area contributed by atoms with Crippen LogP contribution >= 0.6 is 0 Å². The summed E-state index contributed by atoms with van der Waals surface area (Å²) in [5.41, 5.74) is 2.44. The average Bonchev–Trinajstić information content (AvgIpc) is 2.36. The number of aliphatic hydroxyl groups is 1. The lowest BCUT2D eigenvalue weighted by atomic mass is 9.77. The molecule has 1 aromatic carbocycles. The van der Waals surface area contributed by atoms with E-state index in [-0.39, 0.29) is 0 Å². The summed E-state index contributed by atoms with van der Waals surface area (Å²) in [4.78, 5) is 2.28. The number of likely N-dealkylation sites (N-methyl/N-ethyl adjacent to an activating group) is 1. The molecule has 0 saturated carbocycles. The normalized spacial score (nSPS) is 24.9. The minimum atomic E-state index is -0.545. The first-order valence-electron chi connectivity index (χ1n) is 7.23. The van der Waals surface area contributed by atoms with Crippen molar-refractivity contribution in [1.82, 2.24) is 4.90 Å². The van der Waals surface area contributed by atoms with Gasteiger partial charge in [-0.15, -0.1) is 0 Å². The van der Waals surface area contributed by atoms with Gasteiger partial charge in [0, 0.05) is 45.1 Å². The highest BCUT2D eigenvalue weighted by Crippen LogP contribution is 2.35. The van der Waals surface area contributed by atoms with E-state index in [9.17, 15) is 5.11 Å². The van der Waals surface area contributed by atoms with E-state index in [1.165, 1.54) is 17.5 Å². The van der Waals surface area contributed by atoms with Crippen molar-refractivity contribution in [2.75, 3.05) is 33.4 Å². The number of rotatable bonds is 4. The van der Waals surface area contributed by atoms with Gasteiger partial charge >= 0.3 is 0 Å². The summed E-state index contributed by atoms with van der Waals surface area (Å²) in [6.45, 7) is 3.18. The molecular weight excluding hydrogens is 238 g/mol. The van der Waals surface area contributed by atoms with Gasteiger partial charge in [0.15, 0.2) is 0 Å². The molecule has 1 aliphatic carbocycles. The van der Waals surface area contributed by atoms with Crippen LogP contribution in [0.2, 0.25) is 0 Å². The van der Waals surface area contributed by atoms with Crippen molar-refractivity contribution in [3.8, 4) is 0 Å². The molecule has 0 aromatic heterocycles. The number of benzene rings is 1. The zero-order chi connectivity index (χ0) is 13.3. The zero-order valence-electron chi connectivity index (χ0n) is 11.6. The van der Waals surface area contributed by atoms with Gasteiger partial charge in [-0.25, -0.2) is 0 Å². The zero-order valence-corrected chi connectivity index (χ0v) is 11.6. The maximum Gasteiger partial charge on any atom is 0.0817 e. The summed E-state index contributed by atoms with van der Waals surface area (Å²) in [6, 6.07) is 8.69. The molecule has 3 rings (SSSR count). The van der Waals surface area contributed by atoms with Crippen molar-refractivity contribution < 1.29 is 9.84 Å². The molecule has 3 heteroatoms. The summed E-state index contributed by atoms with van der Waals surface area (Å²) < 4.78 is 5.33. The minimum Gasteiger partial charge on any atom is -0.388 e. The molecule has 1 aromatic rings. The van der Waals surface area contributed by atoms with Crippen LogP contribution < -0.4 is 0 Å². The summed E-state index contributed by atoms with van der Waals surface area (Å²) in [5.74, 6) is 0.643. The third-order valence-corrected chi connectivity index (χ3v) is 4.48. The van der Waals surface area contributed by atoms with Crippen LogP contribution in [0.1, 0.15) is 29.9 Å². The first-order chi connectivity index (χ1) is 9.16. The number of ether oxygens (including phenoxy) is 1. The Kier molecular flexibility index (Phi) is 3.61. The lowest BCUT2D eigenvalue weighted by Gasteiger charge is -2.38. The summed E-state index contributed by atoms with van der Waals surface area (Å²) >= 11 is 0. The van der Waals surface area contributed by atoms with Crippen LogP contribution in [0.5, 0.6) is 0 Å². The van der Waals surface area contributed by atoms with E-state index >= 15 is 0 Å². The predicted molar refractivity (Wildman–Crippen MR) is 75.4 cm³/mol. The molecule has 1 unspecified atom stereocenters.